The Morgan fingerprint density at radius 1 is 1.05 bits per heavy atom. The molecule has 20 heavy (non-hydrogen) atoms. The molecule has 100 valence electrons. The van der Waals surface area contributed by atoms with Crippen molar-refractivity contribution in [2.24, 2.45) is 0 Å². The van der Waals surface area contributed by atoms with Gasteiger partial charge in [-0.15, -0.1) is 11.3 Å². The van der Waals surface area contributed by atoms with Gasteiger partial charge in [-0.1, -0.05) is 52.3 Å². The van der Waals surface area contributed by atoms with Gasteiger partial charge in [0.1, 0.15) is 5.01 Å². The highest BCUT2D eigenvalue weighted by Crippen LogP contribution is 2.22. The average Bonchev–Trinajstić information content (AvgIpc) is 2.95. The van der Waals surface area contributed by atoms with E-state index in [1.165, 1.54) is 0 Å². The monoisotopic (exact) mass is 344 g/mol. The first-order valence-electron chi connectivity index (χ1n) is 6.30. The first-order valence-corrected chi connectivity index (χ1v) is 7.98. The lowest BCUT2D eigenvalue weighted by Crippen LogP contribution is -1.98. The lowest BCUT2D eigenvalue weighted by Gasteiger charge is -2.04. The average molecular weight is 345 g/mol. The molecule has 0 bridgehead atoms. The summed E-state index contributed by atoms with van der Waals surface area (Å²) in [6.45, 7) is 0.744. The van der Waals surface area contributed by atoms with Gasteiger partial charge in [-0.25, -0.2) is 4.98 Å². The summed E-state index contributed by atoms with van der Waals surface area (Å²) in [5.41, 5.74) is 3.30. The molecular weight excluding hydrogens is 332 g/mol. The van der Waals surface area contributed by atoms with Crippen LogP contribution in [0.5, 0.6) is 0 Å². The van der Waals surface area contributed by atoms with Crippen molar-refractivity contribution in [2.75, 3.05) is 5.32 Å². The minimum absolute atomic E-state index is 0.744. The zero-order valence-corrected chi connectivity index (χ0v) is 13.1. The number of hydrogen-bond acceptors (Lipinski definition) is 3. The standard InChI is InChI=1S/C16H13BrN2S/c17-13-7-4-8-14(9-13)18-10-16-19-15(11-20-16)12-5-2-1-3-6-12/h1-9,11,18H,10H2. The van der Waals surface area contributed by atoms with Crippen molar-refractivity contribution < 1.29 is 0 Å². The van der Waals surface area contributed by atoms with E-state index in [4.69, 9.17) is 0 Å². The summed E-state index contributed by atoms with van der Waals surface area (Å²) < 4.78 is 1.08. The number of aromatic nitrogens is 1. The molecule has 0 unspecified atom stereocenters. The Bertz CT molecular complexity index is 694. The molecule has 2 aromatic carbocycles. The summed E-state index contributed by atoms with van der Waals surface area (Å²) in [4.78, 5) is 4.66. The second-order valence-electron chi connectivity index (χ2n) is 4.36. The maximum Gasteiger partial charge on any atom is 0.112 e. The predicted octanol–water partition coefficient (Wildman–Crippen LogP) is 5.18. The van der Waals surface area contributed by atoms with Crippen LogP contribution in [0.1, 0.15) is 5.01 Å². The zero-order chi connectivity index (χ0) is 13.8. The van der Waals surface area contributed by atoms with Crippen LogP contribution in [-0.4, -0.2) is 4.98 Å². The van der Waals surface area contributed by atoms with Crippen LogP contribution in [0.4, 0.5) is 5.69 Å². The van der Waals surface area contributed by atoms with Crippen molar-refractivity contribution in [2.45, 2.75) is 6.54 Å². The van der Waals surface area contributed by atoms with Gasteiger partial charge in [0.25, 0.3) is 0 Å². The van der Waals surface area contributed by atoms with Crippen LogP contribution in [0.15, 0.2) is 64.5 Å². The fraction of sp³-hybridized carbons (Fsp3) is 0.0625. The van der Waals surface area contributed by atoms with Gasteiger partial charge in [0.05, 0.1) is 12.2 Å². The van der Waals surface area contributed by atoms with E-state index in [9.17, 15) is 0 Å². The molecule has 2 nitrogen and oxygen atoms in total. The number of anilines is 1. The summed E-state index contributed by atoms with van der Waals surface area (Å²) in [6.07, 6.45) is 0. The third-order valence-corrected chi connectivity index (χ3v) is 4.23. The van der Waals surface area contributed by atoms with Gasteiger partial charge in [0.2, 0.25) is 0 Å². The molecule has 0 atom stereocenters. The molecule has 0 radical (unpaired) electrons. The number of nitrogens with one attached hydrogen (secondary N) is 1. The lowest BCUT2D eigenvalue weighted by molar-refractivity contribution is 1.11. The van der Waals surface area contributed by atoms with Crippen LogP contribution in [0.2, 0.25) is 0 Å². The van der Waals surface area contributed by atoms with Crippen molar-refractivity contribution in [1.29, 1.82) is 0 Å². The number of thiazole rings is 1. The van der Waals surface area contributed by atoms with Gasteiger partial charge >= 0.3 is 0 Å². The maximum atomic E-state index is 4.66. The first kappa shape index (κ1) is 13.3. The Balaban J connectivity index is 1.69. The van der Waals surface area contributed by atoms with Crippen molar-refractivity contribution in [3.8, 4) is 11.3 Å². The quantitative estimate of drug-likeness (QED) is 0.704. The van der Waals surface area contributed by atoms with Gasteiger partial charge in [-0.3, -0.25) is 0 Å². The Morgan fingerprint density at radius 2 is 1.90 bits per heavy atom. The van der Waals surface area contributed by atoms with Crippen LogP contribution in [0.3, 0.4) is 0 Å². The molecule has 0 saturated carbocycles. The van der Waals surface area contributed by atoms with E-state index < -0.39 is 0 Å². The molecular formula is C16H13BrN2S. The highest BCUT2D eigenvalue weighted by atomic mass is 79.9. The first-order chi connectivity index (χ1) is 9.81. The predicted molar refractivity (Wildman–Crippen MR) is 89.0 cm³/mol. The van der Waals surface area contributed by atoms with Crippen molar-refractivity contribution >= 4 is 33.0 Å². The lowest BCUT2D eigenvalue weighted by atomic mass is 10.2. The van der Waals surface area contributed by atoms with Gasteiger partial charge < -0.3 is 5.32 Å². The number of benzene rings is 2. The minimum Gasteiger partial charge on any atom is -0.378 e. The Morgan fingerprint density at radius 3 is 2.70 bits per heavy atom. The smallest absolute Gasteiger partial charge is 0.112 e. The van der Waals surface area contributed by atoms with Gasteiger partial charge in [-0.2, -0.15) is 0 Å². The zero-order valence-electron chi connectivity index (χ0n) is 10.7. The molecule has 3 rings (SSSR count). The minimum atomic E-state index is 0.744. The summed E-state index contributed by atoms with van der Waals surface area (Å²) in [5, 5.41) is 6.58. The SMILES string of the molecule is Brc1cccc(NCc2nc(-c3ccccc3)cs2)c1. The maximum absolute atomic E-state index is 4.66. The van der Waals surface area contributed by atoms with Crippen LogP contribution in [0.25, 0.3) is 11.3 Å². The second-order valence-corrected chi connectivity index (χ2v) is 6.21. The van der Waals surface area contributed by atoms with E-state index >= 15 is 0 Å². The molecule has 0 amide bonds. The van der Waals surface area contributed by atoms with Crippen molar-refractivity contribution in [1.82, 2.24) is 4.98 Å². The highest BCUT2D eigenvalue weighted by Gasteiger charge is 2.04. The highest BCUT2D eigenvalue weighted by molar-refractivity contribution is 9.10. The van der Waals surface area contributed by atoms with E-state index in [2.05, 4.69) is 55.9 Å². The Labute approximate surface area is 130 Å². The normalized spacial score (nSPS) is 10.4. The third-order valence-electron chi connectivity index (χ3n) is 2.89. The molecule has 1 N–H and O–H groups in total. The topological polar surface area (TPSA) is 24.9 Å². The molecule has 0 spiro atoms. The Hall–Kier alpha value is -1.65. The summed E-state index contributed by atoms with van der Waals surface area (Å²) in [6, 6.07) is 18.4. The van der Waals surface area contributed by atoms with E-state index in [0.717, 1.165) is 33.0 Å². The van der Waals surface area contributed by atoms with Crippen LogP contribution < -0.4 is 5.32 Å². The van der Waals surface area contributed by atoms with Crippen molar-refractivity contribution in [3.05, 3.63) is 69.5 Å². The second kappa shape index (κ2) is 6.20. The van der Waals surface area contributed by atoms with Gasteiger partial charge in [-0.05, 0) is 18.2 Å². The fourth-order valence-corrected chi connectivity index (χ4v) is 3.05. The van der Waals surface area contributed by atoms with E-state index in [-0.39, 0.29) is 0 Å². The summed E-state index contributed by atoms with van der Waals surface area (Å²) >= 11 is 5.15. The van der Waals surface area contributed by atoms with E-state index in [1.807, 2.05) is 30.3 Å². The van der Waals surface area contributed by atoms with Crippen molar-refractivity contribution in [3.63, 3.8) is 0 Å². The van der Waals surface area contributed by atoms with Crippen LogP contribution in [0, 0.1) is 0 Å². The van der Waals surface area contributed by atoms with E-state index in [0.29, 0.717) is 0 Å². The molecule has 0 aliphatic carbocycles. The Kier molecular flexibility index (Phi) is 4.14. The van der Waals surface area contributed by atoms with Gasteiger partial charge in [0, 0.05) is 21.1 Å². The molecule has 1 heterocycles. The number of rotatable bonds is 4. The largest absolute Gasteiger partial charge is 0.378 e. The molecule has 0 aliphatic heterocycles. The van der Waals surface area contributed by atoms with Crippen LogP contribution in [-0.2, 0) is 6.54 Å². The summed E-state index contributed by atoms with van der Waals surface area (Å²) in [5.74, 6) is 0. The third kappa shape index (κ3) is 3.26. The molecule has 4 heteroatoms. The van der Waals surface area contributed by atoms with E-state index in [1.54, 1.807) is 11.3 Å². The molecule has 0 fully saturated rings. The summed E-state index contributed by atoms with van der Waals surface area (Å²) in [7, 11) is 0. The fourth-order valence-electron chi connectivity index (χ4n) is 1.91. The number of nitrogens with zero attached hydrogens (tertiary/aromatic N) is 1. The molecule has 0 saturated heterocycles. The number of hydrogen-bond donors (Lipinski definition) is 1. The molecule has 1 aromatic heterocycles. The van der Waals surface area contributed by atoms with Gasteiger partial charge in [0.15, 0.2) is 0 Å². The van der Waals surface area contributed by atoms with Crippen LogP contribution >= 0.6 is 27.3 Å². The molecule has 0 aliphatic rings. The molecule has 3 aromatic rings. The number of halogens is 1.